The fourth-order valence-corrected chi connectivity index (χ4v) is 5.18. The number of pyridine rings is 1. The molecule has 2 aromatic carbocycles. The molecule has 174 valence electrons. The van der Waals surface area contributed by atoms with Gasteiger partial charge >= 0.3 is 0 Å². The van der Waals surface area contributed by atoms with Gasteiger partial charge in [-0.05, 0) is 36.2 Å². The molecule has 0 spiro atoms. The molecule has 0 saturated carbocycles. The van der Waals surface area contributed by atoms with Crippen LogP contribution in [0.4, 0.5) is 4.39 Å². The molecule has 0 fully saturated rings. The highest BCUT2D eigenvalue weighted by molar-refractivity contribution is 7.17. The summed E-state index contributed by atoms with van der Waals surface area (Å²) in [6.07, 6.45) is 3.16. The van der Waals surface area contributed by atoms with Crippen LogP contribution < -0.4 is 0 Å². The Kier molecular flexibility index (Phi) is 5.96. The zero-order valence-electron chi connectivity index (χ0n) is 18.7. The Morgan fingerprint density at radius 2 is 1.83 bits per heavy atom. The maximum absolute atomic E-state index is 13.8. The number of halogens is 1. The number of rotatable bonds is 6. The number of carbonyl (C=O) groups excluding carboxylic acids is 2. The van der Waals surface area contributed by atoms with Gasteiger partial charge in [0, 0.05) is 24.5 Å². The molecule has 4 aromatic rings. The summed E-state index contributed by atoms with van der Waals surface area (Å²) in [5.41, 5.74) is 2.63. The van der Waals surface area contributed by atoms with Crippen molar-refractivity contribution in [3.8, 4) is 10.6 Å². The summed E-state index contributed by atoms with van der Waals surface area (Å²) in [6, 6.07) is 17.9. The highest BCUT2D eigenvalue weighted by atomic mass is 32.1. The molecular formula is C27H20FN3O3S. The molecule has 0 saturated heterocycles. The summed E-state index contributed by atoms with van der Waals surface area (Å²) in [5, 5.41) is 11.6. The summed E-state index contributed by atoms with van der Waals surface area (Å²) >= 11 is 1.22. The third kappa shape index (κ3) is 4.24. The number of nitrogens with zero attached hydrogens (tertiary/aromatic N) is 3. The summed E-state index contributed by atoms with van der Waals surface area (Å²) < 4.78 is 13.4. The van der Waals surface area contributed by atoms with Crippen LogP contribution in [0.25, 0.3) is 10.6 Å². The van der Waals surface area contributed by atoms with Gasteiger partial charge in [-0.15, -0.1) is 11.3 Å². The van der Waals surface area contributed by atoms with Crippen molar-refractivity contribution in [3.05, 3.63) is 118 Å². The van der Waals surface area contributed by atoms with E-state index in [4.69, 9.17) is 0 Å². The lowest BCUT2D eigenvalue weighted by molar-refractivity contribution is -0.130. The molecule has 5 rings (SSSR count). The van der Waals surface area contributed by atoms with E-state index in [0.29, 0.717) is 26.7 Å². The number of carbonyl (C=O) groups is 2. The van der Waals surface area contributed by atoms with Crippen molar-refractivity contribution in [2.75, 3.05) is 0 Å². The number of amides is 1. The van der Waals surface area contributed by atoms with E-state index in [1.165, 1.54) is 28.4 Å². The Balaban J connectivity index is 1.56. The maximum atomic E-state index is 13.8. The van der Waals surface area contributed by atoms with Gasteiger partial charge in [-0.2, -0.15) is 0 Å². The minimum absolute atomic E-state index is 0.0172. The zero-order chi connectivity index (χ0) is 24.5. The smallest absolute Gasteiger partial charge is 0.290 e. The molecule has 6 nitrogen and oxygen atoms in total. The Morgan fingerprint density at radius 1 is 1.09 bits per heavy atom. The van der Waals surface area contributed by atoms with E-state index in [1.54, 1.807) is 43.6 Å². The first-order valence-electron chi connectivity index (χ1n) is 10.9. The van der Waals surface area contributed by atoms with Crippen LogP contribution >= 0.6 is 11.3 Å². The molecule has 2 aromatic heterocycles. The standard InChI is InChI=1S/C27H20FN3O3S/c1-16-25(35-26(30-16)18-6-3-2-4-7-18)23(32)21-22(19-8-5-13-29-14-19)31(27(34)24(21)33)15-17-9-11-20(28)12-10-17/h2-14,22,33H,15H2,1H3. The molecule has 0 aliphatic carbocycles. The van der Waals surface area contributed by atoms with Crippen molar-refractivity contribution < 1.29 is 19.1 Å². The predicted molar refractivity (Wildman–Crippen MR) is 130 cm³/mol. The normalized spacial score (nSPS) is 15.7. The third-order valence-corrected chi connectivity index (χ3v) is 7.04. The van der Waals surface area contributed by atoms with Gasteiger partial charge in [-0.25, -0.2) is 9.37 Å². The van der Waals surface area contributed by atoms with Gasteiger partial charge in [0.05, 0.1) is 22.2 Å². The Hall–Kier alpha value is -4.17. The van der Waals surface area contributed by atoms with Gasteiger partial charge in [0.2, 0.25) is 5.78 Å². The van der Waals surface area contributed by atoms with Crippen LogP contribution in [-0.2, 0) is 11.3 Å². The van der Waals surface area contributed by atoms with E-state index < -0.39 is 29.3 Å². The summed E-state index contributed by atoms with van der Waals surface area (Å²) in [7, 11) is 0. The summed E-state index contributed by atoms with van der Waals surface area (Å²) in [4.78, 5) is 37.4. The van der Waals surface area contributed by atoms with Crippen molar-refractivity contribution >= 4 is 23.0 Å². The number of ketones is 1. The van der Waals surface area contributed by atoms with Crippen molar-refractivity contribution in [2.24, 2.45) is 0 Å². The number of aliphatic hydroxyl groups excluding tert-OH is 1. The predicted octanol–water partition coefficient (Wildman–Crippen LogP) is 5.43. The molecule has 1 aliphatic heterocycles. The fourth-order valence-electron chi connectivity index (χ4n) is 4.15. The van der Waals surface area contributed by atoms with Crippen molar-refractivity contribution in [3.63, 3.8) is 0 Å². The van der Waals surface area contributed by atoms with Crippen molar-refractivity contribution in [1.29, 1.82) is 0 Å². The highest BCUT2D eigenvalue weighted by Gasteiger charge is 2.44. The molecule has 0 radical (unpaired) electrons. The molecular weight excluding hydrogens is 465 g/mol. The highest BCUT2D eigenvalue weighted by Crippen LogP contribution is 2.41. The summed E-state index contributed by atoms with van der Waals surface area (Å²) in [6.45, 7) is 1.82. The minimum atomic E-state index is -0.851. The SMILES string of the molecule is Cc1nc(-c2ccccc2)sc1C(=O)C1=C(O)C(=O)N(Cc2ccc(F)cc2)C1c1cccnc1. The van der Waals surface area contributed by atoms with Crippen LogP contribution in [0.1, 0.15) is 32.5 Å². The number of Topliss-reactive ketones (excluding diaryl/α,β-unsaturated/α-hetero) is 1. The number of benzene rings is 2. The van der Waals surface area contributed by atoms with E-state index in [2.05, 4.69) is 9.97 Å². The first-order chi connectivity index (χ1) is 16.9. The largest absolute Gasteiger partial charge is 0.503 e. The van der Waals surface area contributed by atoms with Crippen LogP contribution in [0, 0.1) is 12.7 Å². The van der Waals surface area contributed by atoms with Gasteiger partial charge in [-0.1, -0.05) is 48.5 Å². The lowest BCUT2D eigenvalue weighted by Gasteiger charge is -2.26. The van der Waals surface area contributed by atoms with Crippen LogP contribution in [0.2, 0.25) is 0 Å². The van der Waals surface area contributed by atoms with E-state index in [9.17, 15) is 19.1 Å². The van der Waals surface area contributed by atoms with Gasteiger partial charge in [0.1, 0.15) is 10.8 Å². The topological polar surface area (TPSA) is 83.4 Å². The van der Waals surface area contributed by atoms with Crippen molar-refractivity contribution in [2.45, 2.75) is 19.5 Å². The molecule has 0 bridgehead atoms. The quantitative estimate of drug-likeness (QED) is 0.368. The van der Waals surface area contributed by atoms with Gasteiger partial charge in [0.15, 0.2) is 5.76 Å². The number of hydrogen-bond donors (Lipinski definition) is 1. The molecule has 3 heterocycles. The number of aliphatic hydroxyl groups is 1. The lowest BCUT2D eigenvalue weighted by Crippen LogP contribution is -2.30. The second kappa shape index (κ2) is 9.23. The monoisotopic (exact) mass is 485 g/mol. The van der Waals surface area contributed by atoms with Gasteiger partial charge in [-0.3, -0.25) is 14.6 Å². The van der Waals surface area contributed by atoms with Crippen LogP contribution in [-0.4, -0.2) is 31.7 Å². The van der Waals surface area contributed by atoms with E-state index in [-0.39, 0.29) is 12.1 Å². The second-order valence-corrected chi connectivity index (χ2v) is 9.14. The number of thiazole rings is 1. The number of aromatic nitrogens is 2. The van der Waals surface area contributed by atoms with Gasteiger partial charge < -0.3 is 10.0 Å². The number of aryl methyl sites for hydroxylation is 1. The van der Waals surface area contributed by atoms with Crippen LogP contribution in [0.3, 0.4) is 0 Å². The first-order valence-corrected chi connectivity index (χ1v) is 11.7. The van der Waals surface area contributed by atoms with Crippen LogP contribution in [0.5, 0.6) is 0 Å². The summed E-state index contributed by atoms with van der Waals surface area (Å²) in [5.74, 6) is -2.11. The molecule has 1 unspecified atom stereocenters. The average molecular weight is 486 g/mol. The van der Waals surface area contributed by atoms with Crippen molar-refractivity contribution in [1.82, 2.24) is 14.9 Å². The molecule has 35 heavy (non-hydrogen) atoms. The van der Waals surface area contributed by atoms with Crippen LogP contribution in [0.15, 0.2) is 90.5 Å². The average Bonchev–Trinajstić information content (AvgIpc) is 3.39. The first kappa shape index (κ1) is 22.6. The molecule has 1 N–H and O–H groups in total. The lowest BCUT2D eigenvalue weighted by atomic mass is 9.96. The molecule has 1 atom stereocenters. The Labute approximate surface area is 205 Å². The number of hydrogen-bond acceptors (Lipinski definition) is 6. The molecule has 8 heteroatoms. The second-order valence-electron chi connectivity index (χ2n) is 8.14. The van der Waals surface area contributed by atoms with E-state index in [0.717, 1.165) is 5.56 Å². The Bertz CT molecular complexity index is 1430. The van der Waals surface area contributed by atoms with E-state index in [1.807, 2.05) is 30.3 Å². The third-order valence-electron chi connectivity index (χ3n) is 5.84. The Morgan fingerprint density at radius 3 is 2.51 bits per heavy atom. The fraction of sp³-hybridized carbons (Fsp3) is 0.111. The molecule has 1 amide bonds. The van der Waals surface area contributed by atoms with Gasteiger partial charge in [0.25, 0.3) is 5.91 Å². The maximum Gasteiger partial charge on any atom is 0.290 e. The van der Waals surface area contributed by atoms with E-state index >= 15 is 0 Å². The molecule has 1 aliphatic rings. The zero-order valence-corrected chi connectivity index (χ0v) is 19.5. The minimum Gasteiger partial charge on any atom is -0.503 e.